The molecule has 1 aromatic carbocycles. The van der Waals surface area contributed by atoms with Crippen molar-refractivity contribution >= 4 is 39.7 Å². The van der Waals surface area contributed by atoms with Crippen LogP contribution in [-0.4, -0.2) is 0 Å². The topological polar surface area (TPSA) is 26.0 Å². The summed E-state index contributed by atoms with van der Waals surface area (Å²) in [6.45, 7) is 0. The van der Waals surface area contributed by atoms with Gasteiger partial charge in [0.05, 0.1) is 15.3 Å². The lowest BCUT2D eigenvalue weighted by Gasteiger charge is -1.98. The van der Waals surface area contributed by atoms with Crippen molar-refractivity contribution in [2.75, 3.05) is 5.73 Å². The number of thiophene rings is 1. The number of rotatable bonds is 1. The van der Waals surface area contributed by atoms with E-state index < -0.39 is 6.43 Å². The molecule has 14 heavy (non-hydrogen) atoms. The Bertz CT molecular complexity index is 479. The number of nitrogens with two attached hydrogens (primary N) is 1. The molecule has 2 rings (SSSR count). The molecule has 0 spiro atoms. The van der Waals surface area contributed by atoms with Crippen molar-refractivity contribution in [1.82, 2.24) is 0 Å². The van der Waals surface area contributed by atoms with Crippen LogP contribution in [0.1, 0.15) is 11.3 Å². The number of halogens is 2. The standard InChI is InChI=1S/C9H7F2NS2/c10-9(11)6-3-4-1-2-5(13)7(12)8(4)14-6/h1-3,9,13H,12H2. The first kappa shape index (κ1) is 9.73. The summed E-state index contributed by atoms with van der Waals surface area (Å²) in [7, 11) is 0. The molecule has 2 aromatic rings. The summed E-state index contributed by atoms with van der Waals surface area (Å²) in [5.74, 6) is 0. The van der Waals surface area contributed by atoms with Crippen molar-refractivity contribution in [3.63, 3.8) is 0 Å². The molecule has 1 nitrogen and oxygen atoms in total. The van der Waals surface area contributed by atoms with E-state index in [2.05, 4.69) is 12.6 Å². The first-order chi connectivity index (χ1) is 6.59. The van der Waals surface area contributed by atoms with Gasteiger partial charge in [-0.2, -0.15) is 0 Å². The molecule has 0 saturated heterocycles. The third-order valence-corrected chi connectivity index (χ3v) is 3.52. The summed E-state index contributed by atoms with van der Waals surface area (Å²) in [6, 6.07) is 4.92. The Labute approximate surface area is 88.9 Å². The number of alkyl halides is 2. The van der Waals surface area contributed by atoms with E-state index >= 15 is 0 Å². The second kappa shape index (κ2) is 3.40. The fourth-order valence-corrected chi connectivity index (χ4v) is 2.48. The van der Waals surface area contributed by atoms with Crippen LogP contribution in [-0.2, 0) is 0 Å². The number of nitrogen functional groups attached to an aromatic ring is 1. The van der Waals surface area contributed by atoms with Gasteiger partial charge in [0.15, 0.2) is 0 Å². The Morgan fingerprint density at radius 2 is 2.07 bits per heavy atom. The third kappa shape index (κ3) is 1.46. The molecule has 0 fully saturated rings. The van der Waals surface area contributed by atoms with Crippen LogP contribution in [0.15, 0.2) is 23.1 Å². The highest BCUT2D eigenvalue weighted by molar-refractivity contribution is 7.80. The Kier molecular flexibility index (Phi) is 2.36. The monoisotopic (exact) mass is 231 g/mol. The Morgan fingerprint density at radius 1 is 1.36 bits per heavy atom. The van der Waals surface area contributed by atoms with Gasteiger partial charge in [0.25, 0.3) is 6.43 Å². The summed E-state index contributed by atoms with van der Waals surface area (Å²) in [5.41, 5.74) is 6.20. The Hall–Kier alpha value is -0.810. The fourth-order valence-electron chi connectivity index (χ4n) is 1.24. The van der Waals surface area contributed by atoms with Crippen molar-refractivity contribution in [1.29, 1.82) is 0 Å². The maximum Gasteiger partial charge on any atom is 0.272 e. The van der Waals surface area contributed by atoms with E-state index in [9.17, 15) is 8.78 Å². The Morgan fingerprint density at radius 3 is 2.71 bits per heavy atom. The van der Waals surface area contributed by atoms with Gasteiger partial charge in [-0.05, 0) is 17.5 Å². The van der Waals surface area contributed by atoms with Crippen molar-refractivity contribution < 1.29 is 8.78 Å². The van der Waals surface area contributed by atoms with Crippen LogP contribution in [0.4, 0.5) is 14.5 Å². The van der Waals surface area contributed by atoms with Crippen LogP contribution in [0.5, 0.6) is 0 Å². The molecule has 0 saturated carbocycles. The molecule has 0 radical (unpaired) electrons. The van der Waals surface area contributed by atoms with Gasteiger partial charge in [-0.15, -0.1) is 24.0 Å². The van der Waals surface area contributed by atoms with Crippen LogP contribution in [0.2, 0.25) is 0 Å². The molecule has 1 aromatic heterocycles. The SMILES string of the molecule is Nc1c(S)ccc2cc(C(F)F)sc12. The zero-order valence-electron chi connectivity index (χ0n) is 7.00. The lowest BCUT2D eigenvalue weighted by Crippen LogP contribution is -1.85. The minimum Gasteiger partial charge on any atom is -0.397 e. The summed E-state index contributed by atoms with van der Waals surface area (Å²) < 4.78 is 25.5. The average Bonchev–Trinajstić information content (AvgIpc) is 2.56. The molecule has 0 amide bonds. The van der Waals surface area contributed by atoms with E-state index in [1.54, 1.807) is 12.1 Å². The van der Waals surface area contributed by atoms with Gasteiger partial charge in [-0.25, -0.2) is 8.78 Å². The molecular weight excluding hydrogens is 224 g/mol. The van der Waals surface area contributed by atoms with E-state index in [0.29, 0.717) is 15.3 Å². The van der Waals surface area contributed by atoms with E-state index in [0.717, 1.165) is 16.7 Å². The fraction of sp³-hybridized carbons (Fsp3) is 0.111. The number of benzene rings is 1. The number of hydrogen-bond acceptors (Lipinski definition) is 3. The zero-order chi connectivity index (χ0) is 10.3. The lowest BCUT2D eigenvalue weighted by atomic mass is 10.2. The van der Waals surface area contributed by atoms with Gasteiger partial charge in [0.1, 0.15) is 0 Å². The van der Waals surface area contributed by atoms with Crippen LogP contribution in [0.3, 0.4) is 0 Å². The van der Waals surface area contributed by atoms with Crippen LogP contribution in [0, 0.1) is 0 Å². The summed E-state index contributed by atoms with van der Waals surface area (Å²) in [5, 5.41) is 0.751. The maximum atomic E-state index is 12.4. The second-order valence-electron chi connectivity index (χ2n) is 2.87. The highest BCUT2D eigenvalue weighted by Crippen LogP contribution is 2.37. The minimum atomic E-state index is -2.44. The van der Waals surface area contributed by atoms with Gasteiger partial charge in [-0.1, -0.05) is 6.07 Å². The lowest BCUT2D eigenvalue weighted by molar-refractivity contribution is 0.156. The third-order valence-electron chi connectivity index (χ3n) is 1.94. The van der Waals surface area contributed by atoms with E-state index in [1.165, 1.54) is 6.07 Å². The highest BCUT2D eigenvalue weighted by atomic mass is 32.1. The van der Waals surface area contributed by atoms with Gasteiger partial charge >= 0.3 is 0 Å². The van der Waals surface area contributed by atoms with Crippen molar-refractivity contribution in [3.8, 4) is 0 Å². The number of hydrogen-bond donors (Lipinski definition) is 2. The van der Waals surface area contributed by atoms with E-state index in [-0.39, 0.29) is 4.88 Å². The van der Waals surface area contributed by atoms with Gasteiger partial charge < -0.3 is 5.73 Å². The molecular formula is C9H7F2NS2. The molecule has 0 unspecified atom stereocenters. The quantitative estimate of drug-likeness (QED) is 0.568. The predicted octanol–water partition coefficient (Wildman–Crippen LogP) is 3.71. The second-order valence-corrected chi connectivity index (χ2v) is 4.43. The minimum absolute atomic E-state index is 0.0469. The van der Waals surface area contributed by atoms with Gasteiger partial charge in [0, 0.05) is 4.90 Å². The van der Waals surface area contributed by atoms with Crippen LogP contribution in [0.25, 0.3) is 10.1 Å². The summed E-state index contributed by atoms with van der Waals surface area (Å²) >= 11 is 5.15. The summed E-state index contributed by atoms with van der Waals surface area (Å²) in [6.07, 6.45) is -2.44. The van der Waals surface area contributed by atoms with Crippen LogP contribution >= 0.6 is 24.0 Å². The molecule has 1 heterocycles. The van der Waals surface area contributed by atoms with Crippen molar-refractivity contribution in [3.05, 3.63) is 23.1 Å². The smallest absolute Gasteiger partial charge is 0.272 e. The average molecular weight is 231 g/mol. The first-order valence-corrected chi connectivity index (χ1v) is 5.15. The van der Waals surface area contributed by atoms with Crippen LogP contribution < -0.4 is 5.73 Å². The van der Waals surface area contributed by atoms with Gasteiger partial charge in [0.2, 0.25) is 0 Å². The van der Waals surface area contributed by atoms with Crippen molar-refractivity contribution in [2.24, 2.45) is 0 Å². The molecule has 0 bridgehead atoms. The summed E-state index contributed by atoms with van der Waals surface area (Å²) in [4.78, 5) is 0.672. The zero-order valence-corrected chi connectivity index (χ0v) is 8.71. The van der Waals surface area contributed by atoms with Gasteiger partial charge in [-0.3, -0.25) is 0 Å². The van der Waals surface area contributed by atoms with E-state index in [4.69, 9.17) is 5.73 Å². The molecule has 0 aliphatic heterocycles. The Balaban J connectivity index is 2.71. The molecule has 2 N–H and O–H groups in total. The van der Waals surface area contributed by atoms with E-state index in [1.807, 2.05) is 0 Å². The highest BCUT2D eigenvalue weighted by Gasteiger charge is 2.13. The molecule has 0 atom stereocenters. The predicted molar refractivity (Wildman–Crippen MR) is 58.4 cm³/mol. The van der Waals surface area contributed by atoms with Crippen molar-refractivity contribution in [2.45, 2.75) is 11.3 Å². The number of fused-ring (bicyclic) bond motifs is 1. The molecule has 74 valence electrons. The maximum absolute atomic E-state index is 12.4. The number of anilines is 1. The molecule has 0 aliphatic rings. The normalized spacial score (nSPS) is 11.4. The largest absolute Gasteiger partial charge is 0.397 e. The molecule has 0 aliphatic carbocycles. The number of thiol groups is 1. The molecule has 5 heteroatoms. The first-order valence-electron chi connectivity index (χ1n) is 3.88.